The molecule has 1 saturated heterocycles. The van der Waals surface area contributed by atoms with Crippen molar-refractivity contribution in [3.63, 3.8) is 0 Å². The van der Waals surface area contributed by atoms with Crippen LogP contribution in [0.5, 0.6) is 0 Å². The lowest BCUT2D eigenvalue weighted by molar-refractivity contribution is 0.260. The normalized spacial score (nSPS) is 25.9. The fourth-order valence-corrected chi connectivity index (χ4v) is 5.56. The highest BCUT2D eigenvalue weighted by Gasteiger charge is 2.35. The second-order valence-electron chi connectivity index (χ2n) is 6.80. The summed E-state index contributed by atoms with van der Waals surface area (Å²) < 4.78 is 11.5. The number of nitrogens with zero attached hydrogens (tertiary/aromatic N) is 2. The van der Waals surface area contributed by atoms with E-state index in [1.54, 1.807) is 0 Å². The van der Waals surface area contributed by atoms with Crippen molar-refractivity contribution in [1.82, 2.24) is 10.3 Å². The smallest absolute Gasteiger partial charge is 0.185 e. The first-order chi connectivity index (χ1) is 9.98. The molecule has 21 heavy (non-hydrogen) atoms. The molecular formula is C15H25N3OS2. The van der Waals surface area contributed by atoms with Crippen LogP contribution in [0.15, 0.2) is 0 Å². The van der Waals surface area contributed by atoms with Crippen molar-refractivity contribution < 1.29 is 4.21 Å². The van der Waals surface area contributed by atoms with Crippen molar-refractivity contribution in [3.8, 4) is 0 Å². The van der Waals surface area contributed by atoms with Gasteiger partial charge in [-0.05, 0) is 24.8 Å². The number of nitrogens with one attached hydrogen (secondary N) is 1. The molecule has 118 valence electrons. The van der Waals surface area contributed by atoms with E-state index in [-0.39, 0.29) is 0 Å². The highest BCUT2D eigenvalue weighted by molar-refractivity contribution is 7.85. The number of hydrogen-bond acceptors (Lipinski definition) is 5. The van der Waals surface area contributed by atoms with Crippen molar-refractivity contribution in [2.75, 3.05) is 36.0 Å². The SMILES string of the molecule is CCNC1CC(C)(C)Cc2nc(N3CCS(=O)CC3)sc21. The molecule has 1 aliphatic heterocycles. The van der Waals surface area contributed by atoms with Crippen LogP contribution in [0.3, 0.4) is 0 Å². The molecule has 6 heteroatoms. The van der Waals surface area contributed by atoms with Gasteiger partial charge in [0.1, 0.15) is 0 Å². The Morgan fingerprint density at radius 1 is 1.43 bits per heavy atom. The fourth-order valence-electron chi connectivity index (χ4n) is 3.30. The van der Waals surface area contributed by atoms with Gasteiger partial charge < -0.3 is 10.2 Å². The lowest BCUT2D eigenvalue weighted by atomic mass is 9.76. The molecule has 1 aliphatic carbocycles. The Labute approximate surface area is 133 Å². The molecule has 0 amide bonds. The second-order valence-corrected chi connectivity index (χ2v) is 9.50. The standard InChI is InChI=1S/C15H25N3OS2/c1-4-16-11-9-15(2,3)10-12-13(11)20-14(17-12)18-5-7-21(19)8-6-18/h11,16H,4-10H2,1-3H3. The molecule has 0 aromatic carbocycles. The number of anilines is 1. The lowest BCUT2D eigenvalue weighted by Gasteiger charge is -2.34. The van der Waals surface area contributed by atoms with Gasteiger partial charge in [-0.2, -0.15) is 0 Å². The molecule has 0 spiro atoms. The summed E-state index contributed by atoms with van der Waals surface area (Å²) in [4.78, 5) is 8.68. The Kier molecular flexibility index (Phi) is 4.39. The highest BCUT2D eigenvalue weighted by Crippen LogP contribution is 2.44. The van der Waals surface area contributed by atoms with Gasteiger partial charge in [0.2, 0.25) is 0 Å². The fraction of sp³-hybridized carbons (Fsp3) is 0.800. The van der Waals surface area contributed by atoms with Gasteiger partial charge in [0, 0.05) is 46.3 Å². The molecule has 1 atom stereocenters. The van der Waals surface area contributed by atoms with Crippen molar-refractivity contribution in [3.05, 3.63) is 10.6 Å². The molecule has 1 aromatic heterocycles. The second kappa shape index (κ2) is 5.97. The van der Waals surface area contributed by atoms with E-state index in [4.69, 9.17) is 4.98 Å². The molecule has 2 aliphatic rings. The minimum absolute atomic E-state index is 0.314. The molecule has 4 nitrogen and oxygen atoms in total. The predicted molar refractivity (Wildman–Crippen MR) is 90.7 cm³/mol. The number of fused-ring (bicyclic) bond motifs is 1. The third-order valence-electron chi connectivity index (χ3n) is 4.33. The summed E-state index contributed by atoms with van der Waals surface area (Å²) >= 11 is 1.85. The Morgan fingerprint density at radius 3 is 2.81 bits per heavy atom. The van der Waals surface area contributed by atoms with E-state index < -0.39 is 10.8 Å². The number of rotatable bonds is 3. The zero-order valence-corrected chi connectivity index (χ0v) is 14.8. The molecule has 1 unspecified atom stereocenters. The summed E-state index contributed by atoms with van der Waals surface area (Å²) in [5.74, 6) is 1.57. The van der Waals surface area contributed by atoms with E-state index in [1.807, 2.05) is 11.3 Å². The van der Waals surface area contributed by atoms with Crippen molar-refractivity contribution >= 4 is 27.3 Å². The van der Waals surface area contributed by atoms with E-state index in [2.05, 4.69) is 31.0 Å². The van der Waals surface area contributed by atoms with Gasteiger partial charge in [-0.25, -0.2) is 4.98 Å². The van der Waals surface area contributed by atoms with E-state index in [9.17, 15) is 4.21 Å². The van der Waals surface area contributed by atoms with Crippen molar-refractivity contribution in [2.24, 2.45) is 5.41 Å². The third kappa shape index (κ3) is 3.32. The maximum absolute atomic E-state index is 11.5. The third-order valence-corrected chi connectivity index (χ3v) is 6.88. The molecular weight excluding hydrogens is 302 g/mol. The monoisotopic (exact) mass is 327 g/mol. The maximum atomic E-state index is 11.5. The molecule has 1 fully saturated rings. The van der Waals surface area contributed by atoms with Gasteiger partial charge in [0.25, 0.3) is 0 Å². The summed E-state index contributed by atoms with van der Waals surface area (Å²) in [6.45, 7) is 9.61. The van der Waals surface area contributed by atoms with Crippen molar-refractivity contribution in [2.45, 2.75) is 39.7 Å². The first kappa shape index (κ1) is 15.4. The summed E-state index contributed by atoms with van der Waals surface area (Å²) in [7, 11) is -0.624. The molecule has 1 N–H and O–H groups in total. The predicted octanol–water partition coefficient (Wildman–Crippen LogP) is 2.33. The maximum Gasteiger partial charge on any atom is 0.185 e. The van der Waals surface area contributed by atoms with Crippen LogP contribution < -0.4 is 10.2 Å². The van der Waals surface area contributed by atoms with Crippen LogP contribution in [0.2, 0.25) is 0 Å². The molecule has 0 saturated carbocycles. The quantitative estimate of drug-likeness (QED) is 0.925. The summed E-state index contributed by atoms with van der Waals surface area (Å²) in [5, 5.41) is 4.76. The molecule has 2 heterocycles. The van der Waals surface area contributed by atoms with E-state index in [0.29, 0.717) is 11.5 Å². The van der Waals surface area contributed by atoms with Crippen LogP contribution in [-0.4, -0.2) is 40.3 Å². The van der Waals surface area contributed by atoms with Crippen LogP contribution in [0, 0.1) is 5.41 Å². The van der Waals surface area contributed by atoms with E-state index in [1.165, 1.54) is 17.0 Å². The summed E-state index contributed by atoms with van der Waals surface area (Å²) in [6, 6.07) is 0.443. The minimum Gasteiger partial charge on any atom is -0.346 e. The number of thiazole rings is 1. The van der Waals surface area contributed by atoms with Crippen LogP contribution in [-0.2, 0) is 17.2 Å². The van der Waals surface area contributed by atoms with Gasteiger partial charge in [-0.1, -0.05) is 32.1 Å². The van der Waals surface area contributed by atoms with Gasteiger partial charge in [-0.3, -0.25) is 4.21 Å². The van der Waals surface area contributed by atoms with Crippen LogP contribution in [0.25, 0.3) is 0 Å². The first-order valence-electron chi connectivity index (χ1n) is 7.81. The molecule has 1 aromatic rings. The average molecular weight is 328 g/mol. The Bertz CT molecular complexity index is 531. The zero-order chi connectivity index (χ0) is 15.0. The Morgan fingerprint density at radius 2 is 2.14 bits per heavy atom. The Hall–Kier alpha value is -0.460. The lowest BCUT2D eigenvalue weighted by Crippen LogP contribution is -2.37. The van der Waals surface area contributed by atoms with E-state index in [0.717, 1.165) is 42.7 Å². The average Bonchev–Trinajstić information content (AvgIpc) is 2.82. The largest absolute Gasteiger partial charge is 0.346 e. The van der Waals surface area contributed by atoms with Crippen LogP contribution >= 0.6 is 11.3 Å². The van der Waals surface area contributed by atoms with E-state index >= 15 is 0 Å². The van der Waals surface area contributed by atoms with Crippen molar-refractivity contribution in [1.29, 1.82) is 0 Å². The van der Waals surface area contributed by atoms with Crippen LogP contribution in [0.1, 0.15) is 43.8 Å². The Balaban J connectivity index is 1.85. The molecule has 3 rings (SSSR count). The van der Waals surface area contributed by atoms with Gasteiger partial charge >= 0.3 is 0 Å². The van der Waals surface area contributed by atoms with Gasteiger partial charge in [0.15, 0.2) is 5.13 Å². The van der Waals surface area contributed by atoms with Gasteiger partial charge in [-0.15, -0.1) is 0 Å². The van der Waals surface area contributed by atoms with Crippen LogP contribution in [0.4, 0.5) is 5.13 Å². The minimum atomic E-state index is -0.624. The number of hydrogen-bond donors (Lipinski definition) is 1. The summed E-state index contributed by atoms with van der Waals surface area (Å²) in [6.07, 6.45) is 2.25. The summed E-state index contributed by atoms with van der Waals surface area (Å²) in [5.41, 5.74) is 1.60. The number of aromatic nitrogens is 1. The molecule has 0 bridgehead atoms. The first-order valence-corrected chi connectivity index (χ1v) is 10.1. The van der Waals surface area contributed by atoms with Gasteiger partial charge in [0.05, 0.1) is 5.69 Å². The topological polar surface area (TPSA) is 45.2 Å². The highest BCUT2D eigenvalue weighted by atomic mass is 32.2. The zero-order valence-electron chi connectivity index (χ0n) is 13.1. The molecule has 0 radical (unpaired) electrons.